The van der Waals surface area contributed by atoms with Gasteiger partial charge in [-0.2, -0.15) is 0 Å². The van der Waals surface area contributed by atoms with Crippen molar-refractivity contribution >= 4 is 21.6 Å². The van der Waals surface area contributed by atoms with Gasteiger partial charge in [0, 0.05) is 39.3 Å². The minimum atomic E-state index is -3.25. The highest BCUT2D eigenvalue weighted by molar-refractivity contribution is 7.90. The molecule has 15 heavy (non-hydrogen) atoms. The maximum Gasteiger partial charge on any atom is 0.225 e. The largest absolute Gasteiger partial charge is 0.304 e. The molecule has 0 aromatic heterocycles. The third kappa shape index (κ3) is 5.12. The summed E-state index contributed by atoms with van der Waals surface area (Å²) in [5.41, 5.74) is 0. The molecule has 0 unspecified atom stereocenters. The zero-order valence-electron chi connectivity index (χ0n) is 8.95. The quantitative estimate of drug-likeness (QED) is 0.664. The lowest BCUT2D eigenvalue weighted by molar-refractivity contribution is 0.156. The Morgan fingerprint density at radius 2 is 1.87 bits per heavy atom. The molecule has 1 rings (SSSR count). The van der Waals surface area contributed by atoms with Gasteiger partial charge in [0.2, 0.25) is 10.0 Å². The lowest BCUT2D eigenvalue weighted by Gasteiger charge is -2.32. The van der Waals surface area contributed by atoms with Gasteiger partial charge >= 0.3 is 0 Å². The summed E-state index contributed by atoms with van der Waals surface area (Å²) in [5, 5.41) is -0.365. The van der Waals surface area contributed by atoms with Crippen molar-refractivity contribution < 1.29 is 8.42 Å². The molecule has 1 heterocycles. The normalized spacial score (nSPS) is 20.7. The van der Waals surface area contributed by atoms with Crippen molar-refractivity contribution in [3.05, 3.63) is 0 Å². The number of piperazine rings is 1. The summed E-state index contributed by atoms with van der Waals surface area (Å²) >= 11 is 5.26. The Labute approximate surface area is 96.4 Å². The van der Waals surface area contributed by atoms with Crippen LogP contribution in [-0.2, 0) is 10.0 Å². The van der Waals surface area contributed by atoms with E-state index in [9.17, 15) is 8.42 Å². The fourth-order valence-electron chi connectivity index (χ4n) is 1.47. The van der Waals surface area contributed by atoms with E-state index in [0.29, 0.717) is 6.54 Å². The van der Waals surface area contributed by atoms with E-state index >= 15 is 0 Å². The molecule has 1 aliphatic rings. The van der Waals surface area contributed by atoms with Gasteiger partial charge in [0.05, 0.1) is 0 Å². The number of nitrogens with zero attached hydrogens (tertiary/aromatic N) is 2. The molecule has 1 saturated heterocycles. The van der Waals surface area contributed by atoms with Crippen LogP contribution in [0, 0.1) is 0 Å². The topological polar surface area (TPSA) is 52.6 Å². The van der Waals surface area contributed by atoms with Crippen LogP contribution in [0.5, 0.6) is 0 Å². The van der Waals surface area contributed by atoms with Gasteiger partial charge in [0.1, 0.15) is 5.21 Å². The van der Waals surface area contributed by atoms with Gasteiger partial charge in [-0.25, -0.2) is 13.1 Å². The predicted octanol–water partition coefficient (Wildman–Crippen LogP) is -0.650. The van der Waals surface area contributed by atoms with Crippen molar-refractivity contribution in [3.8, 4) is 0 Å². The second-order valence-corrected chi connectivity index (χ2v) is 6.15. The van der Waals surface area contributed by atoms with E-state index in [1.165, 1.54) is 0 Å². The van der Waals surface area contributed by atoms with E-state index in [2.05, 4.69) is 21.6 Å². The summed E-state index contributed by atoms with van der Waals surface area (Å²) in [6, 6.07) is 0. The van der Waals surface area contributed by atoms with Gasteiger partial charge in [-0.3, -0.25) is 4.90 Å². The Bertz CT molecular complexity index is 276. The maximum atomic E-state index is 11.0. The first-order valence-electron chi connectivity index (χ1n) is 4.98. The molecular formula is C8H18ClN3O2S. The van der Waals surface area contributed by atoms with Gasteiger partial charge < -0.3 is 4.90 Å². The summed E-state index contributed by atoms with van der Waals surface area (Å²) in [4.78, 5) is 4.51. The van der Waals surface area contributed by atoms with E-state index in [1.54, 1.807) is 0 Å². The predicted molar refractivity (Wildman–Crippen MR) is 61.6 cm³/mol. The highest BCUT2D eigenvalue weighted by Gasteiger charge is 2.14. The molecule has 0 radical (unpaired) electrons. The van der Waals surface area contributed by atoms with Crippen LogP contribution in [-0.4, -0.2) is 69.7 Å². The molecule has 0 spiro atoms. The molecule has 90 valence electrons. The summed E-state index contributed by atoms with van der Waals surface area (Å²) in [6.45, 7) is 5.28. The molecule has 7 heteroatoms. The number of alkyl halides is 1. The van der Waals surface area contributed by atoms with Crippen LogP contribution in [0.2, 0.25) is 0 Å². The highest BCUT2D eigenvalue weighted by Crippen LogP contribution is 1.97. The number of likely N-dealkylation sites (N-methyl/N-ethyl adjacent to an activating group) is 1. The first kappa shape index (κ1) is 13.2. The standard InChI is InChI=1S/C8H18ClN3O2S/c1-11-4-6-12(7-5-11)3-2-10-15(13,14)8-9/h10H,2-8H2,1H3. The second-order valence-electron chi connectivity index (χ2n) is 3.76. The van der Waals surface area contributed by atoms with Crippen molar-refractivity contribution in [3.63, 3.8) is 0 Å². The van der Waals surface area contributed by atoms with Gasteiger partial charge in [-0.1, -0.05) is 0 Å². The first-order valence-corrected chi connectivity index (χ1v) is 7.16. The van der Waals surface area contributed by atoms with Crippen LogP contribution in [0.25, 0.3) is 0 Å². The third-order valence-electron chi connectivity index (χ3n) is 2.49. The van der Waals surface area contributed by atoms with Crippen LogP contribution in [0.3, 0.4) is 0 Å². The molecule has 0 amide bonds. The second kappa shape index (κ2) is 6.00. The molecule has 1 N–H and O–H groups in total. The molecule has 1 aliphatic heterocycles. The van der Waals surface area contributed by atoms with Crippen molar-refractivity contribution in [2.45, 2.75) is 0 Å². The Kier molecular flexibility index (Phi) is 5.28. The Balaban J connectivity index is 2.16. The molecule has 0 saturated carbocycles. The van der Waals surface area contributed by atoms with Crippen molar-refractivity contribution in [1.29, 1.82) is 0 Å². The van der Waals surface area contributed by atoms with E-state index in [0.717, 1.165) is 32.7 Å². The molecule has 5 nitrogen and oxygen atoms in total. The molecule has 0 aliphatic carbocycles. The zero-order valence-corrected chi connectivity index (χ0v) is 10.5. The average molecular weight is 256 g/mol. The van der Waals surface area contributed by atoms with Gasteiger partial charge in [-0.15, -0.1) is 11.6 Å². The lowest BCUT2D eigenvalue weighted by Crippen LogP contribution is -2.46. The van der Waals surface area contributed by atoms with Crippen LogP contribution in [0.1, 0.15) is 0 Å². The average Bonchev–Trinajstić information content (AvgIpc) is 2.21. The van der Waals surface area contributed by atoms with Gasteiger partial charge in [0.25, 0.3) is 0 Å². The Hall–Kier alpha value is 0.120. The van der Waals surface area contributed by atoms with Crippen LogP contribution in [0.4, 0.5) is 0 Å². The monoisotopic (exact) mass is 255 g/mol. The van der Waals surface area contributed by atoms with Crippen molar-refractivity contribution in [1.82, 2.24) is 14.5 Å². The minimum absolute atomic E-state index is 0.365. The Morgan fingerprint density at radius 1 is 1.27 bits per heavy atom. The van der Waals surface area contributed by atoms with Crippen LogP contribution < -0.4 is 4.72 Å². The molecule has 0 bridgehead atoms. The third-order valence-corrected chi connectivity index (χ3v) is 4.28. The van der Waals surface area contributed by atoms with E-state index in [1.807, 2.05) is 0 Å². The molecular weight excluding hydrogens is 238 g/mol. The Morgan fingerprint density at radius 3 is 2.40 bits per heavy atom. The summed E-state index contributed by atoms with van der Waals surface area (Å²) in [7, 11) is -1.16. The van der Waals surface area contributed by atoms with Crippen molar-refractivity contribution in [2.24, 2.45) is 0 Å². The SMILES string of the molecule is CN1CCN(CCNS(=O)(=O)CCl)CC1. The highest BCUT2D eigenvalue weighted by atomic mass is 35.5. The summed E-state index contributed by atoms with van der Waals surface area (Å²) in [6.07, 6.45) is 0. The van der Waals surface area contributed by atoms with Crippen LogP contribution >= 0.6 is 11.6 Å². The number of sulfonamides is 1. The maximum absolute atomic E-state index is 11.0. The van der Waals surface area contributed by atoms with Gasteiger partial charge in [-0.05, 0) is 7.05 Å². The molecule has 0 atom stereocenters. The fourth-order valence-corrected chi connectivity index (χ4v) is 2.18. The summed E-state index contributed by atoms with van der Waals surface area (Å²) in [5.74, 6) is 0. The lowest BCUT2D eigenvalue weighted by atomic mass is 10.3. The smallest absolute Gasteiger partial charge is 0.225 e. The first-order chi connectivity index (χ1) is 7.03. The number of halogens is 1. The number of hydrogen-bond donors (Lipinski definition) is 1. The molecule has 0 aromatic rings. The van der Waals surface area contributed by atoms with Gasteiger partial charge in [0.15, 0.2) is 0 Å². The number of hydrogen-bond acceptors (Lipinski definition) is 4. The molecule has 0 aromatic carbocycles. The van der Waals surface area contributed by atoms with E-state index in [-0.39, 0.29) is 5.21 Å². The minimum Gasteiger partial charge on any atom is -0.304 e. The van der Waals surface area contributed by atoms with Crippen molar-refractivity contribution in [2.75, 3.05) is 51.5 Å². The number of nitrogens with one attached hydrogen (secondary N) is 1. The van der Waals surface area contributed by atoms with E-state index in [4.69, 9.17) is 11.6 Å². The number of rotatable bonds is 5. The zero-order chi connectivity index (χ0) is 11.3. The molecule has 1 fully saturated rings. The van der Waals surface area contributed by atoms with E-state index < -0.39 is 10.0 Å². The van der Waals surface area contributed by atoms with Crippen LogP contribution in [0.15, 0.2) is 0 Å². The summed E-state index contributed by atoms with van der Waals surface area (Å²) < 4.78 is 24.5. The fraction of sp³-hybridized carbons (Fsp3) is 1.00.